The van der Waals surface area contributed by atoms with E-state index in [-0.39, 0.29) is 34.2 Å². The van der Waals surface area contributed by atoms with Gasteiger partial charge in [-0.15, -0.1) is 0 Å². The van der Waals surface area contributed by atoms with E-state index in [0.717, 1.165) is 18.3 Å². The average Bonchev–Trinajstić information content (AvgIpc) is 3.16. The fourth-order valence-electron chi connectivity index (χ4n) is 5.60. The van der Waals surface area contributed by atoms with Gasteiger partial charge >= 0.3 is 6.18 Å². The Morgan fingerprint density at radius 1 is 1.15 bits per heavy atom. The smallest absolute Gasteiger partial charge is 0.372 e. The summed E-state index contributed by atoms with van der Waals surface area (Å²) in [5, 5.41) is 23.5. The molecular weight excluding hydrogens is 564 g/mol. The Balaban J connectivity index is 1.30. The molecule has 1 unspecified atom stereocenters. The Kier molecular flexibility index (Phi) is 7.48. The average molecular weight is 587 g/mol. The van der Waals surface area contributed by atoms with Crippen molar-refractivity contribution < 1.29 is 32.3 Å². The second-order valence-corrected chi connectivity index (χ2v) is 10.6. The SMILES string of the molecule is N#Cc1ccc(F)c(C2(O)C(=O)N(CC3CCC(NC(=O)c4cc(Cl)cnc4C(F)(F)F)CC3)c3ccccc32)c1. The third-order valence-corrected chi connectivity index (χ3v) is 7.82. The molecule has 0 radical (unpaired) electrons. The molecule has 0 spiro atoms. The van der Waals surface area contributed by atoms with Gasteiger partial charge in [0.15, 0.2) is 11.3 Å². The first-order valence-corrected chi connectivity index (χ1v) is 13.2. The molecule has 7 nitrogen and oxygen atoms in total. The van der Waals surface area contributed by atoms with E-state index < -0.39 is 46.7 Å². The second-order valence-electron chi connectivity index (χ2n) is 10.2. The topological polar surface area (TPSA) is 106 Å². The first-order chi connectivity index (χ1) is 19.4. The van der Waals surface area contributed by atoms with Crippen LogP contribution < -0.4 is 10.2 Å². The van der Waals surface area contributed by atoms with Crippen LogP contribution in [0.4, 0.5) is 23.2 Å². The van der Waals surface area contributed by atoms with Gasteiger partial charge in [-0.2, -0.15) is 18.4 Å². The van der Waals surface area contributed by atoms with Gasteiger partial charge in [0.1, 0.15) is 5.82 Å². The predicted octanol–water partition coefficient (Wildman–Crippen LogP) is 5.34. The van der Waals surface area contributed by atoms with Crippen LogP contribution >= 0.6 is 11.6 Å². The fourth-order valence-corrected chi connectivity index (χ4v) is 5.76. The van der Waals surface area contributed by atoms with Gasteiger partial charge in [-0.05, 0) is 61.9 Å². The summed E-state index contributed by atoms with van der Waals surface area (Å²) in [6, 6.07) is 12.4. The number of nitrogens with one attached hydrogen (secondary N) is 1. The fraction of sp³-hybridized carbons (Fsp3) is 0.310. The number of hydrogen-bond donors (Lipinski definition) is 2. The molecule has 1 aromatic heterocycles. The van der Waals surface area contributed by atoms with Gasteiger partial charge in [0.2, 0.25) is 0 Å². The van der Waals surface area contributed by atoms with Crippen molar-refractivity contribution in [2.75, 3.05) is 11.4 Å². The normalized spacial score (nSPS) is 22.3. The molecule has 5 rings (SSSR count). The first-order valence-electron chi connectivity index (χ1n) is 12.8. The van der Waals surface area contributed by atoms with Crippen molar-refractivity contribution in [3.05, 3.63) is 93.5 Å². The van der Waals surface area contributed by atoms with Crippen molar-refractivity contribution >= 4 is 29.1 Å². The van der Waals surface area contributed by atoms with E-state index in [1.165, 1.54) is 23.1 Å². The van der Waals surface area contributed by atoms with Crippen LogP contribution in [0.2, 0.25) is 5.02 Å². The third kappa shape index (κ3) is 5.25. The van der Waals surface area contributed by atoms with E-state index in [1.807, 2.05) is 6.07 Å². The number of carbonyl (C=O) groups excluding carboxylic acids is 2. The predicted molar refractivity (Wildman–Crippen MR) is 140 cm³/mol. The van der Waals surface area contributed by atoms with Crippen LogP contribution in [0.25, 0.3) is 0 Å². The van der Waals surface area contributed by atoms with Gasteiger partial charge < -0.3 is 15.3 Å². The van der Waals surface area contributed by atoms with Gasteiger partial charge in [0.25, 0.3) is 11.8 Å². The van der Waals surface area contributed by atoms with Crippen LogP contribution in [0.15, 0.2) is 54.7 Å². The zero-order valence-electron chi connectivity index (χ0n) is 21.4. The number of pyridine rings is 1. The maximum absolute atomic E-state index is 14.9. The Labute approximate surface area is 237 Å². The molecule has 41 heavy (non-hydrogen) atoms. The summed E-state index contributed by atoms with van der Waals surface area (Å²) in [6.45, 7) is 0.203. The number of benzene rings is 2. The van der Waals surface area contributed by atoms with Crippen molar-refractivity contribution in [2.45, 2.75) is 43.5 Å². The summed E-state index contributed by atoms with van der Waals surface area (Å²) < 4.78 is 55.0. The lowest BCUT2D eigenvalue weighted by atomic mass is 9.85. The highest BCUT2D eigenvalue weighted by Gasteiger charge is 2.52. The van der Waals surface area contributed by atoms with Crippen molar-refractivity contribution in [3.63, 3.8) is 0 Å². The van der Waals surface area contributed by atoms with Gasteiger partial charge in [-0.3, -0.25) is 9.59 Å². The molecule has 0 saturated heterocycles. The van der Waals surface area contributed by atoms with E-state index in [4.69, 9.17) is 11.6 Å². The number of halogens is 5. The minimum absolute atomic E-state index is 0.0589. The quantitative estimate of drug-likeness (QED) is 0.393. The Bertz CT molecular complexity index is 1570. The standard InChI is InChI=1S/C29H23ClF4N4O3/c30-18-12-20(25(36-14-18)29(32,33)34)26(39)37-19-8-5-16(6-9-19)15-38-24-4-2-1-3-21(24)28(41,27(38)40)22-11-17(13-35)7-10-23(22)31/h1-4,7,10-12,14,16,19,41H,5-6,8-9,15H2,(H,37,39). The van der Waals surface area contributed by atoms with Crippen LogP contribution in [0.3, 0.4) is 0 Å². The minimum atomic E-state index is -4.83. The number of anilines is 1. The molecule has 2 heterocycles. The number of aliphatic hydroxyl groups is 1. The molecule has 1 aliphatic carbocycles. The monoisotopic (exact) mass is 586 g/mol. The summed E-state index contributed by atoms with van der Waals surface area (Å²) in [5.41, 5.74) is -3.88. The molecule has 1 aliphatic heterocycles. The van der Waals surface area contributed by atoms with E-state index >= 15 is 0 Å². The summed E-state index contributed by atoms with van der Waals surface area (Å²) in [5.74, 6) is -2.55. The first kappa shape index (κ1) is 28.5. The third-order valence-electron chi connectivity index (χ3n) is 7.61. The molecule has 2 amide bonds. The number of aromatic nitrogens is 1. The van der Waals surface area contributed by atoms with Gasteiger partial charge in [0, 0.05) is 29.9 Å². The molecular formula is C29H23ClF4N4O3. The second kappa shape index (κ2) is 10.8. The van der Waals surface area contributed by atoms with Gasteiger partial charge in [-0.1, -0.05) is 29.8 Å². The highest BCUT2D eigenvalue weighted by molar-refractivity contribution is 6.30. The van der Waals surface area contributed by atoms with Gasteiger partial charge in [0.05, 0.1) is 27.9 Å². The van der Waals surface area contributed by atoms with E-state index in [9.17, 15) is 37.5 Å². The molecule has 1 atom stereocenters. The van der Waals surface area contributed by atoms with Crippen LogP contribution in [-0.2, 0) is 16.6 Å². The highest BCUT2D eigenvalue weighted by Crippen LogP contribution is 2.46. The molecule has 212 valence electrons. The maximum atomic E-state index is 14.9. The number of nitrogens with zero attached hydrogens (tertiary/aromatic N) is 3. The largest absolute Gasteiger partial charge is 0.434 e. The molecule has 0 bridgehead atoms. The molecule has 2 aliphatic rings. The summed E-state index contributed by atoms with van der Waals surface area (Å²) in [4.78, 5) is 31.1. The van der Waals surface area contributed by atoms with Crippen LogP contribution in [0.5, 0.6) is 0 Å². The number of nitriles is 1. The zero-order valence-corrected chi connectivity index (χ0v) is 22.1. The van der Waals surface area contributed by atoms with E-state index in [2.05, 4.69) is 10.3 Å². The summed E-state index contributed by atoms with van der Waals surface area (Å²) in [7, 11) is 0. The molecule has 1 saturated carbocycles. The highest BCUT2D eigenvalue weighted by atomic mass is 35.5. The van der Waals surface area contributed by atoms with Crippen molar-refractivity contribution in [2.24, 2.45) is 5.92 Å². The molecule has 1 fully saturated rings. The van der Waals surface area contributed by atoms with E-state index in [0.29, 0.717) is 31.4 Å². The van der Waals surface area contributed by atoms with Crippen LogP contribution in [-0.4, -0.2) is 34.5 Å². The number of rotatable bonds is 5. The number of fused-ring (bicyclic) bond motifs is 1. The number of hydrogen-bond acceptors (Lipinski definition) is 5. The lowest BCUT2D eigenvalue weighted by Gasteiger charge is -2.32. The lowest BCUT2D eigenvalue weighted by molar-refractivity contribution is -0.141. The van der Waals surface area contributed by atoms with Crippen molar-refractivity contribution in [1.29, 1.82) is 5.26 Å². The van der Waals surface area contributed by atoms with Crippen molar-refractivity contribution in [1.82, 2.24) is 10.3 Å². The molecule has 12 heteroatoms. The molecule has 2 aromatic carbocycles. The lowest BCUT2D eigenvalue weighted by Crippen LogP contribution is -2.45. The summed E-state index contributed by atoms with van der Waals surface area (Å²) >= 11 is 5.79. The Morgan fingerprint density at radius 3 is 2.54 bits per heavy atom. The van der Waals surface area contributed by atoms with E-state index in [1.54, 1.807) is 18.2 Å². The van der Waals surface area contributed by atoms with Crippen LogP contribution in [0.1, 0.15) is 58.4 Å². The maximum Gasteiger partial charge on any atom is 0.434 e. The number of para-hydroxylation sites is 1. The zero-order chi connectivity index (χ0) is 29.5. The van der Waals surface area contributed by atoms with Gasteiger partial charge in [-0.25, -0.2) is 9.37 Å². The Morgan fingerprint density at radius 2 is 1.85 bits per heavy atom. The number of carbonyl (C=O) groups is 2. The van der Waals surface area contributed by atoms with Crippen LogP contribution in [0, 0.1) is 23.1 Å². The molecule has 2 N–H and O–H groups in total. The number of amides is 2. The number of alkyl halides is 3. The summed E-state index contributed by atoms with van der Waals surface area (Å²) in [6.07, 6.45) is -2.04. The molecule has 3 aromatic rings. The minimum Gasteiger partial charge on any atom is -0.372 e. The Hall–Kier alpha value is -4.01. The van der Waals surface area contributed by atoms with Crippen molar-refractivity contribution in [3.8, 4) is 6.07 Å².